The molecule has 1 aliphatic rings. The van der Waals surface area contributed by atoms with Gasteiger partial charge in [-0.1, -0.05) is 6.07 Å². The highest BCUT2D eigenvalue weighted by atomic mass is 16.5. The molecular weight excluding hydrogens is 364 g/mol. The van der Waals surface area contributed by atoms with E-state index in [2.05, 4.69) is 10.6 Å². The largest absolute Gasteiger partial charge is 0.497 e. The lowest BCUT2D eigenvalue weighted by molar-refractivity contribution is -0.118. The molecule has 0 bridgehead atoms. The monoisotopic (exact) mass is 380 g/mol. The van der Waals surface area contributed by atoms with E-state index in [1.54, 1.807) is 36.4 Å². The minimum Gasteiger partial charge on any atom is -0.497 e. The van der Waals surface area contributed by atoms with Gasteiger partial charge in [0.25, 0.3) is 11.3 Å². The fraction of sp³-hybridized carbons (Fsp3) is 0.150. The lowest BCUT2D eigenvalue weighted by atomic mass is 9.97. The standard InChI is InChI=1S/C20H16N2O6/c1-26-11-4-6-14(27-2)13(8-11)22-18-17(19(24)20(18)25)10-3-5-12-15(7-10)28-9-16(23)21-12/h3-8,22H,9H2,1-2H3,(H,21,23). The van der Waals surface area contributed by atoms with Gasteiger partial charge in [-0.2, -0.15) is 0 Å². The van der Waals surface area contributed by atoms with E-state index in [9.17, 15) is 14.4 Å². The molecule has 3 aromatic carbocycles. The maximum atomic E-state index is 12.2. The molecule has 4 rings (SSSR count). The van der Waals surface area contributed by atoms with Gasteiger partial charge in [-0.15, -0.1) is 0 Å². The average molecular weight is 380 g/mol. The van der Waals surface area contributed by atoms with Crippen molar-refractivity contribution in [2.75, 3.05) is 31.5 Å². The summed E-state index contributed by atoms with van der Waals surface area (Å²) >= 11 is 0. The first-order valence-corrected chi connectivity index (χ1v) is 8.41. The Hall–Kier alpha value is -3.81. The molecule has 0 atom stereocenters. The summed E-state index contributed by atoms with van der Waals surface area (Å²) in [6, 6.07) is 10.0. The summed E-state index contributed by atoms with van der Waals surface area (Å²) in [6.07, 6.45) is 0. The van der Waals surface area contributed by atoms with Crippen LogP contribution >= 0.6 is 0 Å². The predicted octanol–water partition coefficient (Wildman–Crippen LogP) is 2.04. The molecule has 1 amide bonds. The van der Waals surface area contributed by atoms with Crippen molar-refractivity contribution in [2.24, 2.45) is 0 Å². The zero-order chi connectivity index (χ0) is 19.8. The van der Waals surface area contributed by atoms with E-state index in [1.807, 2.05) is 0 Å². The summed E-state index contributed by atoms with van der Waals surface area (Å²) in [7, 11) is 3.03. The smallest absolute Gasteiger partial charge is 0.262 e. The number of ether oxygens (including phenoxy) is 3. The van der Waals surface area contributed by atoms with Crippen LogP contribution in [0.4, 0.5) is 17.1 Å². The first-order valence-electron chi connectivity index (χ1n) is 8.41. The van der Waals surface area contributed by atoms with Crippen LogP contribution in [0.1, 0.15) is 0 Å². The van der Waals surface area contributed by atoms with Gasteiger partial charge in [0.15, 0.2) is 6.61 Å². The Morgan fingerprint density at radius 1 is 1.00 bits per heavy atom. The third kappa shape index (κ3) is 2.84. The summed E-state index contributed by atoms with van der Waals surface area (Å²) < 4.78 is 15.9. The zero-order valence-corrected chi connectivity index (χ0v) is 15.1. The molecule has 0 unspecified atom stereocenters. The van der Waals surface area contributed by atoms with Crippen LogP contribution in [0.3, 0.4) is 0 Å². The van der Waals surface area contributed by atoms with Crippen LogP contribution < -0.4 is 35.7 Å². The molecule has 1 heterocycles. The second-order valence-electron chi connectivity index (χ2n) is 6.15. The normalized spacial score (nSPS) is 12.7. The number of methoxy groups -OCH3 is 2. The van der Waals surface area contributed by atoms with Crippen LogP contribution in [0.15, 0.2) is 46.0 Å². The maximum Gasteiger partial charge on any atom is 0.262 e. The van der Waals surface area contributed by atoms with E-state index >= 15 is 0 Å². The Bertz CT molecular complexity index is 1160. The number of fused-ring (bicyclic) bond motifs is 1. The van der Waals surface area contributed by atoms with Crippen LogP contribution in [0, 0.1) is 0 Å². The molecule has 0 saturated carbocycles. The van der Waals surface area contributed by atoms with E-state index in [0.717, 1.165) is 0 Å². The highest BCUT2D eigenvalue weighted by Gasteiger charge is 2.25. The summed E-state index contributed by atoms with van der Waals surface area (Å²) in [5.74, 6) is 1.26. The number of nitrogens with one attached hydrogen (secondary N) is 2. The van der Waals surface area contributed by atoms with Gasteiger partial charge < -0.3 is 24.8 Å². The number of rotatable bonds is 5. The summed E-state index contributed by atoms with van der Waals surface area (Å²) in [5, 5.41) is 5.67. The van der Waals surface area contributed by atoms with Crippen molar-refractivity contribution in [1.29, 1.82) is 0 Å². The number of hydrogen-bond donors (Lipinski definition) is 2. The van der Waals surface area contributed by atoms with E-state index in [4.69, 9.17) is 14.2 Å². The highest BCUT2D eigenvalue weighted by Crippen LogP contribution is 2.37. The Balaban J connectivity index is 1.73. The molecule has 0 radical (unpaired) electrons. The van der Waals surface area contributed by atoms with E-state index in [-0.39, 0.29) is 23.8 Å². The molecular formula is C20H16N2O6. The van der Waals surface area contributed by atoms with Gasteiger partial charge in [0, 0.05) is 6.07 Å². The van der Waals surface area contributed by atoms with Crippen LogP contribution in [-0.4, -0.2) is 26.7 Å². The molecule has 142 valence electrons. The quantitative estimate of drug-likeness (QED) is 0.653. The second kappa shape index (κ2) is 6.73. The van der Waals surface area contributed by atoms with Gasteiger partial charge in [-0.3, -0.25) is 14.4 Å². The first-order chi connectivity index (χ1) is 13.5. The number of carbonyl (C=O) groups is 1. The second-order valence-corrected chi connectivity index (χ2v) is 6.15. The van der Waals surface area contributed by atoms with Crippen molar-refractivity contribution in [3.05, 3.63) is 56.8 Å². The zero-order valence-electron chi connectivity index (χ0n) is 15.1. The minimum absolute atomic E-state index is 0.103. The SMILES string of the molecule is COc1ccc(OC)c(Nc2c(-c3ccc4c(c3)OCC(=O)N4)c(=O)c2=O)c1. The minimum atomic E-state index is -0.619. The summed E-state index contributed by atoms with van der Waals surface area (Å²) in [5.41, 5.74) is 0.730. The van der Waals surface area contributed by atoms with Crippen molar-refractivity contribution in [1.82, 2.24) is 0 Å². The van der Waals surface area contributed by atoms with E-state index in [0.29, 0.717) is 34.2 Å². The van der Waals surface area contributed by atoms with Crippen molar-refractivity contribution in [2.45, 2.75) is 0 Å². The van der Waals surface area contributed by atoms with Crippen molar-refractivity contribution < 1.29 is 19.0 Å². The molecule has 0 saturated heterocycles. The molecule has 0 aromatic heterocycles. The summed E-state index contributed by atoms with van der Waals surface area (Å²) in [4.78, 5) is 35.9. The molecule has 1 aliphatic heterocycles. The third-order valence-corrected chi connectivity index (χ3v) is 4.48. The number of carbonyl (C=O) groups excluding carboxylic acids is 1. The van der Waals surface area contributed by atoms with Crippen molar-refractivity contribution >= 4 is 23.0 Å². The molecule has 0 fully saturated rings. The fourth-order valence-corrected chi connectivity index (χ4v) is 3.06. The predicted molar refractivity (Wildman–Crippen MR) is 104 cm³/mol. The molecule has 8 nitrogen and oxygen atoms in total. The number of amides is 1. The van der Waals surface area contributed by atoms with Crippen LogP contribution in [0.25, 0.3) is 11.1 Å². The Labute approximate surface area is 159 Å². The number of hydrogen-bond acceptors (Lipinski definition) is 7. The number of benzene rings is 2. The van der Waals surface area contributed by atoms with Crippen molar-refractivity contribution in [3.8, 4) is 28.4 Å². The van der Waals surface area contributed by atoms with Gasteiger partial charge in [-0.05, 0) is 29.8 Å². The van der Waals surface area contributed by atoms with Gasteiger partial charge in [-0.25, -0.2) is 0 Å². The fourth-order valence-electron chi connectivity index (χ4n) is 3.06. The molecule has 8 heteroatoms. The van der Waals surface area contributed by atoms with Gasteiger partial charge in [0.2, 0.25) is 5.43 Å². The Morgan fingerprint density at radius 3 is 2.57 bits per heavy atom. The highest BCUT2D eigenvalue weighted by molar-refractivity contribution is 5.96. The van der Waals surface area contributed by atoms with E-state index < -0.39 is 10.9 Å². The molecule has 28 heavy (non-hydrogen) atoms. The summed E-state index contributed by atoms with van der Waals surface area (Å²) in [6.45, 7) is -0.103. The molecule has 0 aliphatic carbocycles. The topological polar surface area (TPSA) is 103 Å². The third-order valence-electron chi connectivity index (χ3n) is 4.48. The van der Waals surface area contributed by atoms with Crippen LogP contribution in [-0.2, 0) is 4.79 Å². The van der Waals surface area contributed by atoms with Gasteiger partial charge >= 0.3 is 0 Å². The van der Waals surface area contributed by atoms with Gasteiger partial charge in [0.1, 0.15) is 22.9 Å². The molecule has 3 aromatic rings. The van der Waals surface area contributed by atoms with Gasteiger partial charge in [0.05, 0.1) is 31.2 Å². The van der Waals surface area contributed by atoms with E-state index in [1.165, 1.54) is 14.2 Å². The first kappa shape index (κ1) is 17.6. The average Bonchev–Trinajstić information content (AvgIpc) is 2.72. The van der Waals surface area contributed by atoms with Crippen LogP contribution in [0.2, 0.25) is 0 Å². The van der Waals surface area contributed by atoms with Crippen LogP contribution in [0.5, 0.6) is 17.2 Å². The Kier molecular flexibility index (Phi) is 4.23. The molecule has 2 N–H and O–H groups in total. The van der Waals surface area contributed by atoms with Crippen molar-refractivity contribution in [3.63, 3.8) is 0 Å². The lowest BCUT2D eigenvalue weighted by Gasteiger charge is -2.20. The molecule has 0 spiro atoms. The number of anilines is 3. The lowest BCUT2D eigenvalue weighted by Crippen LogP contribution is -2.35. The Morgan fingerprint density at radius 2 is 1.82 bits per heavy atom. The maximum absolute atomic E-state index is 12.2.